The first kappa shape index (κ1) is 15.4. The van der Waals surface area contributed by atoms with Gasteiger partial charge in [0.15, 0.2) is 0 Å². The Labute approximate surface area is 121 Å². The minimum Gasteiger partial charge on any atom is -0.480 e. The lowest BCUT2D eigenvalue weighted by atomic mass is 10.2. The lowest BCUT2D eigenvalue weighted by Crippen LogP contribution is -2.47. The zero-order valence-electron chi connectivity index (χ0n) is 11.1. The number of aromatic nitrogens is 1. The third kappa shape index (κ3) is 3.18. The van der Waals surface area contributed by atoms with Crippen LogP contribution in [0.4, 0.5) is 0 Å². The molecule has 21 heavy (non-hydrogen) atoms. The normalized spacial score (nSPS) is 14.8. The van der Waals surface area contributed by atoms with Crippen molar-refractivity contribution in [2.45, 2.75) is 24.0 Å². The number of rotatable bonds is 5. The first-order valence-electron chi connectivity index (χ1n) is 6.10. The predicted molar refractivity (Wildman–Crippen MR) is 75.2 cm³/mol. The van der Waals surface area contributed by atoms with Gasteiger partial charge >= 0.3 is 5.97 Å². The van der Waals surface area contributed by atoms with Gasteiger partial charge in [-0.2, -0.15) is 4.72 Å². The number of aliphatic carboxylic acids is 1. The van der Waals surface area contributed by atoms with Crippen LogP contribution in [0.3, 0.4) is 0 Å². The van der Waals surface area contributed by atoms with Crippen LogP contribution in [0.25, 0.3) is 10.9 Å². The van der Waals surface area contributed by atoms with E-state index in [1.165, 1.54) is 25.3 Å². The molecule has 0 aliphatic rings. The summed E-state index contributed by atoms with van der Waals surface area (Å²) < 4.78 is 26.7. The van der Waals surface area contributed by atoms with E-state index in [1.54, 1.807) is 18.2 Å². The number of nitrogens with zero attached hydrogens (tertiary/aromatic N) is 1. The van der Waals surface area contributed by atoms with Gasteiger partial charge in [-0.15, -0.1) is 0 Å². The number of sulfonamides is 1. The van der Waals surface area contributed by atoms with E-state index < -0.39 is 28.1 Å². The Bertz CT molecular complexity index is 768. The monoisotopic (exact) mass is 310 g/mol. The molecule has 7 nitrogen and oxygen atoms in total. The van der Waals surface area contributed by atoms with Crippen LogP contribution < -0.4 is 4.72 Å². The number of hydrogen-bond donors (Lipinski definition) is 3. The first-order chi connectivity index (χ1) is 9.83. The smallest absolute Gasteiger partial charge is 0.324 e. The maximum atomic E-state index is 12.4. The summed E-state index contributed by atoms with van der Waals surface area (Å²) in [6, 6.07) is 6.06. The van der Waals surface area contributed by atoms with Gasteiger partial charge in [0.25, 0.3) is 0 Å². The molecule has 0 bridgehead atoms. The van der Waals surface area contributed by atoms with Crippen molar-refractivity contribution in [1.29, 1.82) is 0 Å². The number of carboxylic acid groups (broad SMARTS) is 1. The molecule has 0 unspecified atom stereocenters. The van der Waals surface area contributed by atoms with Gasteiger partial charge in [-0.25, -0.2) is 8.42 Å². The van der Waals surface area contributed by atoms with Crippen LogP contribution in [0.2, 0.25) is 0 Å². The third-order valence-corrected chi connectivity index (χ3v) is 4.43. The van der Waals surface area contributed by atoms with E-state index in [0.29, 0.717) is 10.9 Å². The molecular formula is C13H14N2O5S. The molecule has 1 aromatic heterocycles. The summed E-state index contributed by atoms with van der Waals surface area (Å²) in [5.74, 6) is -1.45. The summed E-state index contributed by atoms with van der Waals surface area (Å²) in [4.78, 5) is 15.0. The minimum atomic E-state index is -4.11. The molecule has 0 saturated heterocycles. The average Bonchev–Trinajstić information content (AvgIpc) is 2.43. The molecule has 1 heterocycles. The molecule has 112 valence electrons. The number of aliphatic hydroxyl groups excluding tert-OH is 1. The average molecular weight is 310 g/mol. The molecule has 0 saturated carbocycles. The minimum absolute atomic E-state index is 0.0833. The van der Waals surface area contributed by atoms with Gasteiger partial charge in [-0.1, -0.05) is 6.07 Å². The summed E-state index contributed by atoms with van der Waals surface area (Å²) in [7, 11) is -4.11. The Morgan fingerprint density at radius 2 is 2.00 bits per heavy atom. The molecule has 0 aliphatic carbocycles. The number of pyridine rings is 1. The first-order valence-corrected chi connectivity index (χ1v) is 7.58. The standard InChI is InChI=1S/C13H14N2O5S/c1-8(16)12(13(17)18)15-21(19,20)11-6-2-5-10-9(11)4-3-7-14-10/h2-8,12,15-16H,1H3,(H,17,18)/t8-,12+/m1/s1. The fourth-order valence-electron chi connectivity index (χ4n) is 1.90. The summed E-state index contributed by atoms with van der Waals surface area (Å²) in [5, 5.41) is 18.7. The van der Waals surface area contributed by atoms with Crippen molar-refractivity contribution in [2.75, 3.05) is 0 Å². The summed E-state index contributed by atoms with van der Waals surface area (Å²) >= 11 is 0. The molecule has 2 aromatic rings. The highest BCUT2D eigenvalue weighted by Crippen LogP contribution is 2.21. The fraction of sp³-hybridized carbons (Fsp3) is 0.231. The molecule has 2 rings (SSSR count). The Balaban J connectivity index is 2.50. The molecule has 0 radical (unpaired) electrons. The molecule has 8 heteroatoms. The largest absolute Gasteiger partial charge is 0.480 e. The second-order valence-corrected chi connectivity index (χ2v) is 6.19. The van der Waals surface area contributed by atoms with Gasteiger partial charge in [0.05, 0.1) is 16.5 Å². The highest BCUT2D eigenvalue weighted by Gasteiger charge is 2.30. The Kier molecular flexibility index (Phi) is 4.21. The zero-order valence-corrected chi connectivity index (χ0v) is 11.9. The maximum absolute atomic E-state index is 12.4. The highest BCUT2D eigenvalue weighted by molar-refractivity contribution is 7.89. The van der Waals surface area contributed by atoms with Crippen LogP contribution in [0.1, 0.15) is 6.92 Å². The van der Waals surface area contributed by atoms with Crippen LogP contribution in [0.5, 0.6) is 0 Å². The lowest BCUT2D eigenvalue weighted by molar-refractivity contribution is -0.141. The molecule has 0 spiro atoms. The van der Waals surface area contributed by atoms with Crippen molar-refractivity contribution in [3.63, 3.8) is 0 Å². The Morgan fingerprint density at radius 3 is 2.62 bits per heavy atom. The van der Waals surface area contributed by atoms with Gasteiger partial charge in [-0.3, -0.25) is 9.78 Å². The topological polar surface area (TPSA) is 117 Å². The van der Waals surface area contributed by atoms with Gasteiger partial charge in [-0.05, 0) is 31.2 Å². The van der Waals surface area contributed by atoms with Crippen molar-refractivity contribution in [2.24, 2.45) is 0 Å². The van der Waals surface area contributed by atoms with E-state index in [1.807, 2.05) is 4.72 Å². The lowest BCUT2D eigenvalue weighted by Gasteiger charge is -2.17. The van der Waals surface area contributed by atoms with Crippen molar-refractivity contribution >= 4 is 26.9 Å². The van der Waals surface area contributed by atoms with E-state index in [4.69, 9.17) is 5.11 Å². The Morgan fingerprint density at radius 1 is 1.29 bits per heavy atom. The fourth-order valence-corrected chi connectivity index (χ4v) is 3.37. The highest BCUT2D eigenvalue weighted by atomic mass is 32.2. The molecule has 0 fully saturated rings. The predicted octanol–water partition coefficient (Wildman–Crippen LogP) is 0.347. The van der Waals surface area contributed by atoms with Crippen molar-refractivity contribution in [3.05, 3.63) is 36.5 Å². The van der Waals surface area contributed by atoms with Crippen molar-refractivity contribution < 1.29 is 23.4 Å². The van der Waals surface area contributed by atoms with Crippen LogP contribution in [-0.4, -0.2) is 41.7 Å². The summed E-state index contributed by atoms with van der Waals surface area (Å²) in [5.41, 5.74) is 0.476. The second-order valence-electron chi connectivity index (χ2n) is 4.50. The maximum Gasteiger partial charge on any atom is 0.324 e. The number of hydrogen-bond acceptors (Lipinski definition) is 5. The molecule has 3 N–H and O–H groups in total. The van der Waals surface area contributed by atoms with Crippen LogP contribution in [0, 0.1) is 0 Å². The van der Waals surface area contributed by atoms with E-state index in [2.05, 4.69) is 4.98 Å². The third-order valence-electron chi connectivity index (χ3n) is 2.93. The number of fused-ring (bicyclic) bond motifs is 1. The quantitative estimate of drug-likeness (QED) is 0.733. The van der Waals surface area contributed by atoms with E-state index in [-0.39, 0.29) is 4.90 Å². The Hall–Kier alpha value is -2.03. The number of carboxylic acids is 1. The number of carbonyl (C=O) groups is 1. The van der Waals surface area contributed by atoms with Gasteiger partial charge in [0, 0.05) is 11.6 Å². The SMILES string of the molecule is C[C@@H](O)[C@H](NS(=O)(=O)c1cccc2ncccc12)C(=O)O. The van der Waals surface area contributed by atoms with Gasteiger partial charge in [0.2, 0.25) is 10.0 Å². The summed E-state index contributed by atoms with van der Waals surface area (Å²) in [6.45, 7) is 1.20. The van der Waals surface area contributed by atoms with Gasteiger partial charge in [0.1, 0.15) is 6.04 Å². The number of nitrogens with one attached hydrogen (secondary N) is 1. The number of aliphatic hydroxyl groups is 1. The molecule has 0 amide bonds. The van der Waals surface area contributed by atoms with Crippen molar-refractivity contribution in [1.82, 2.24) is 9.71 Å². The van der Waals surface area contributed by atoms with Crippen LogP contribution >= 0.6 is 0 Å². The molecular weight excluding hydrogens is 296 g/mol. The number of benzene rings is 1. The van der Waals surface area contributed by atoms with Crippen molar-refractivity contribution in [3.8, 4) is 0 Å². The van der Waals surface area contributed by atoms with Gasteiger partial charge < -0.3 is 10.2 Å². The van der Waals surface area contributed by atoms with E-state index >= 15 is 0 Å². The molecule has 2 atom stereocenters. The summed E-state index contributed by atoms with van der Waals surface area (Å²) in [6.07, 6.45) is 0.160. The zero-order chi connectivity index (χ0) is 15.6. The molecule has 0 aliphatic heterocycles. The van der Waals surface area contributed by atoms with E-state index in [0.717, 1.165) is 0 Å². The van der Waals surface area contributed by atoms with E-state index in [9.17, 15) is 18.3 Å². The second kappa shape index (κ2) is 5.76. The van der Waals surface area contributed by atoms with Crippen LogP contribution in [-0.2, 0) is 14.8 Å². The van der Waals surface area contributed by atoms with Crippen LogP contribution in [0.15, 0.2) is 41.4 Å². The molecule has 1 aromatic carbocycles.